The van der Waals surface area contributed by atoms with Crippen molar-refractivity contribution in [1.82, 2.24) is 0 Å². The number of hydrogen-bond donors (Lipinski definition) is 0. The molecule has 0 saturated heterocycles. The van der Waals surface area contributed by atoms with E-state index in [1.165, 1.54) is 84.4 Å². The fraction of sp³-hybridized carbons (Fsp3) is 0.419. The van der Waals surface area contributed by atoms with Crippen LogP contribution < -0.4 is 0 Å². The second-order valence-corrected chi connectivity index (χ2v) is 9.52. The molecule has 0 N–H and O–H groups in total. The van der Waals surface area contributed by atoms with E-state index < -0.39 is 0 Å². The average Bonchev–Trinajstić information content (AvgIpc) is 2.83. The van der Waals surface area contributed by atoms with Crippen molar-refractivity contribution in [2.24, 2.45) is 11.8 Å². The van der Waals surface area contributed by atoms with Crippen LogP contribution in [0.1, 0.15) is 69.9 Å². The summed E-state index contributed by atoms with van der Waals surface area (Å²) in [5.74, 6) is 1.91. The zero-order valence-corrected chi connectivity index (χ0v) is 19.4. The molecule has 0 aromatic heterocycles. The van der Waals surface area contributed by atoms with Crippen molar-refractivity contribution in [3.63, 3.8) is 0 Å². The summed E-state index contributed by atoms with van der Waals surface area (Å²) < 4.78 is 0. The lowest BCUT2D eigenvalue weighted by atomic mass is 9.78. The van der Waals surface area contributed by atoms with E-state index in [0.29, 0.717) is 0 Å². The molecule has 0 bridgehead atoms. The highest BCUT2D eigenvalue weighted by Crippen LogP contribution is 2.34. The van der Waals surface area contributed by atoms with Crippen molar-refractivity contribution in [3.05, 3.63) is 83.9 Å². The number of fused-ring (bicyclic) bond motifs is 1. The molecule has 0 unspecified atom stereocenters. The zero-order chi connectivity index (χ0) is 21.5. The summed E-state index contributed by atoms with van der Waals surface area (Å²) in [4.78, 5) is 0. The third-order valence-corrected chi connectivity index (χ3v) is 7.39. The molecule has 0 nitrogen and oxygen atoms in total. The van der Waals surface area contributed by atoms with Gasteiger partial charge < -0.3 is 0 Å². The Kier molecular flexibility index (Phi) is 7.62. The molecule has 4 rings (SSSR count). The van der Waals surface area contributed by atoms with Gasteiger partial charge in [-0.3, -0.25) is 0 Å². The SMILES string of the molecule is C/C=C/CCC1CCC(CCc2ccc(-c3ccc4cc(CC)ccc4c3)cc2)CC1. The van der Waals surface area contributed by atoms with E-state index in [-0.39, 0.29) is 0 Å². The van der Waals surface area contributed by atoms with Gasteiger partial charge in [0.15, 0.2) is 0 Å². The van der Waals surface area contributed by atoms with Gasteiger partial charge >= 0.3 is 0 Å². The molecule has 0 radical (unpaired) electrons. The summed E-state index contributed by atoms with van der Waals surface area (Å²) in [7, 11) is 0. The van der Waals surface area contributed by atoms with E-state index in [2.05, 4.69) is 86.7 Å². The Morgan fingerprint density at radius 1 is 0.710 bits per heavy atom. The van der Waals surface area contributed by atoms with Gasteiger partial charge in [-0.05, 0) is 90.0 Å². The highest BCUT2D eigenvalue weighted by molar-refractivity contribution is 5.87. The Labute approximate surface area is 189 Å². The van der Waals surface area contributed by atoms with Gasteiger partial charge in [-0.2, -0.15) is 0 Å². The molecule has 0 spiro atoms. The van der Waals surface area contributed by atoms with Crippen LogP contribution in [0.2, 0.25) is 0 Å². The Morgan fingerprint density at radius 2 is 1.32 bits per heavy atom. The van der Waals surface area contributed by atoms with Gasteiger partial charge in [0.2, 0.25) is 0 Å². The van der Waals surface area contributed by atoms with Crippen LogP contribution in [0, 0.1) is 11.8 Å². The van der Waals surface area contributed by atoms with Crippen LogP contribution in [0.25, 0.3) is 21.9 Å². The molecular weight excluding hydrogens is 372 g/mol. The number of allylic oxidation sites excluding steroid dienone is 2. The summed E-state index contributed by atoms with van der Waals surface area (Å²) >= 11 is 0. The van der Waals surface area contributed by atoms with Gasteiger partial charge in [0.05, 0.1) is 0 Å². The first-order valence-electron chi connectivity index (χ1n) is 12.5. The molecule has 0 heterocycles. The highest BCUT2D eigenvalue weighted by Gasteiger charge is 2.20. The highest BCUT2D eigenvalue weighted by atomic mass is 14.3. The summed E-state index contributed by atoms with van der Waals surface area (Å²) in [6, 6.07) is 23.0. The molecule has 3 aromatic carbocycles. The molecule has 162 valence electrons. The maximum absolute atomic E-state index is 2.35. The second kappa shape index (κ2) is 10.8. The Morgan fingerprint density at radius 3 is 2.03 bits per heavy atom. The monoisotopic (exact) mass is 410 g/mol. The minimum absolute atomic E-state index is 0.936. The van der Waals surface area contributed by atoms with E-state index >= 15 is 0 Å². The van der Waals surface area contributed by atoms with Gasteiger partial charge in [0.1, 0.15) is 0 Å². The first-order valence-corrected chi connectivity index (χ1v) is 12.5. The molecule has 0 heteroatoms. The average molecular weight is 411 g/mol. The molecule has 0 aliphatic heterocycles. The maximum Gasteiger partial charge on any atom is -0.0178 e. The maximum atomic E-state index is 2.35. The van der Waals surface area contributed by atoms with Gasteiger partial charge in [-0.15, -0.1) is 0 Å². The molecule has 1 aliphatic rings. The third kappa shape index (κ3) is 5.88. The molecule has 3 aromatic rings. The number of benzene rings is 3. The first-order chi connectivity index (χ1) is 15.2. The summed E-state index contributed by atoms with van der Waals surface area (Å²) in [5.41, 5.74) is 5.55. The lowest BCUT2D eigenvalue weighted by Gasteiger charge is -2.28. The third-order valence-electron chi connectivity index (χ3n) is 7.39. The molecule has 31 heavy (non-hydrogen) atoms. The van der Waals surface area contributed by atoms with Crippen LogP contribution in [0.15, 0.2) is 72.8 Å². The van der Waals surface area contributed by atoms with E-state index in [9.17, 15) is 0 Å². The van der Waals surface area contributed by atoms with Crippen LogP contribution in [0.3, 0.4) is 0 Å². The van der Waals surface area contributed by atoms with E-state index in [0.717, 1.165) is 18.3 Å². The largest absolute Gasteiger partial charge is 0.0917 e. The Balaban J connectivity index is 1.30. The van der Waals surface area contributed by atoms with Gasteiger partial charge in [0.25, 0.3) is 0 Å². The van der Waals surface area contributed by atoms with E-state index in [1.54, 1.807) is 0 Å². The minimum Gasteiger partial charge on any atom is -0.0917 e. The van der Waals surface area contributed by atoms with Gasteiger partial charge in [-0.25, -0.2) is 0 Å². The number of hydrogen-bond acceptors (Lipinski definition) is 0. The first kappa shape index (κ1) is 21.9. The van der Waals surface area contributed by atoms with E-state index in [4.69, 9.17) is 0 Å². The van der Waals surface area contributed by atoms with E-state index in [1.807, 2.05) is 0 Å². The molecule has 1 aliphatic carbocycles. The van der Waals surface area contributed by atoms with Crippen molar-refractivity contribution in [3.8, 4) is 11.1 Å². The standard InChI is InChI=1S/C31H38/c1-3-5-6-7-25-8-10-26(11-9-25)12-13-27-15-17-28(18-16-27)30-21-20-29-22-24(4-2)14-19-31(29)23-30/h3,5,14-23,25-26H,4,6-13H2,1-2H3/b5-3+. The number of aryl methyl sites for hydroxylation is 2. The lowest BCUT2D eigenvalue weighted by molar-refractivity contribution is 0.254. The Hall–Kier alpha value is -2.34. The fourth-order valence-electron chi connectivity index (χ4n) is 5.24. The number of rotatable bonds is 8. The van der Waals surface area contributed by atoms with Crippen LogP contribution in [0.5, 0.6) is 0 Å². The predicted octanol–water partition coefficient (Wildman–Crippen LogP) is 9.16. The van der Waals surface area contributed by atoms with Gasteiger partial charge in [-0.1, -0.05) is 99.4 Å². The molecule has 1 fully saturated rings. The van der Waals surface area contributed by atoms with Crippen molar-refractivity contribution in [1.29, 1.82) is 0 Å². The molecule has 0 amide bonds. The molecule has 0 atom stereocenters. The minimum atomic E-state index is 0.936. The topological polar surface area (TPSA) is 0 Å². The Bertz CT molecular complexity index is 984. The second-order valence-electron chi connectivity index (χ2n) is 9.52. The predicted molar refractivity (Wildman–Crippen MR) is 137 cm³/mol. The van der Waals surface area contributed by atoms with Crippen molar-refractivity contribution < 1.29 is 0 Å². The van der Waals surface area contributed by atoms with Gasteiger partial charge in [0, 0.05) is 0 Å². The molecule has 1 saturated carbocycles. The van der Waals surface area contributed by atoms with Crippen molar-refractivity contribution >= 4 is 10.8 Å². The summed E-state index contributed by atoms with van der Waals surface area (Å²) in [6.07, 6.45) is 16.6. The van der Waals surface area contributed by atoms with Crippen molar-refractivity contribution in [2.75, 3.05) is 0 Å². The summed E-state index contributed by atoms with van der Waals surface area (Å²) in [6.45, 7) is 4.35. The normalized spacial score (nSPS) is 19.3. The van der Waals surface area contributed by atoms with Crippen LogP contribution >= 0.6 is 0 Å². The fourth-order valence-corrected chi connectivity index (χ4v) is 5.24. The van der Waals surface area contributed by atoms with Crippen LogP contribution in [0.4, 0.5) is 0 Å². The van der Waals surface area contributed by atoms with Crippen LogP contribution in [-0.2, 0) is 12.8 Å². The molecular formula is C31H38. The zero-order valence-electron chi connectivity index (χ0n) is 19.4. The lowest BCUT2D eigenvalue weighted by Crippen LogP contribution is -2.15. The smallest absolute Gasteiger partial charge is 0.0178 e. The van der Waals surface area contributed by atoms with Crippen LogP contribution in [-0.4, -0.2) is 0 Å². The summed E-state index contributed by atoms with van der Waals surface area (Å²) in [5, 5.41) is 2.68. The van der Waals surface area contributed by atoms with Crippen molar-refractivity contribution in [2.45, 2.75) is 71.6 Å². The quantitative estimate of drug-likeness (QED) is 0.325.